The average Bonchev–Trinajstić information content (AvgIpc) is 2.32. The smallest absolute Gasteiger partial charge is 0.308 e. The lowest BCUT2D eigenvalue weighted by molar-refractivity contribution is -0.141. The number of hydrogen-bond acceptors (Lipinski definition) is 5. The van der Waals surface area contributed by atoms with Crippen molar-refractivity contribution in [2.45, 2.75) is 47.1 Å². The first kappa shape index (κ1) is 17.2. The SMILES string of the molecule is Cc1cc(OC(C)C)nc(NCC(CC(C)C)C(=O)O)n1. The predicted octanol–water partition coefficient (Wildman–Crippen LogP) is 2.73. The number of nitrogens with zero attached hydrogens (tertiary/aromatic N) is 2. The zero-order chi connectivity index (χ0) is 16.0. The molecule has 21 heavy (non-hydrogen) atoms. The Hall–Kier alpha value is -1.85. The number of rotatable bonds is 8. The fourth-order valence-corrected chi connectivity index (χ4v) is 1.98. The molecule has 0 aromatic carbocycles. The van der Waals surface area contributed by atoms with Gasteiger partial charge in [-0.3, -0.25) is 4.79 Å². The molecule has 1 rings (SSSR count). The van der Waals surface area contributed by atoms with Gasteiger partial charge in [-0.15, -0.1) is 0 Å². The van der Waals surface area contributed by atoms with Crippen LogP contribution in [-0.4, -0.2) is 33.7 Å². The standard InChI is InChI=1S/C15H25N3O3/c1-9(2)6-12(14(19)20)8-16-15-17-11(5)7-13(18-15)21-10(3)4/h7,9-10,12H,6,8H2,1-5H3,(H,19,20)(H,16,17,18). The van der Waals surface area contributed by atoms with Crippen LogP contribution in [0, 0.1) is 18.8 Å². The Morgan fingerprint density at radius 3 is 2.52 bits per heavy atom. The maximum absolute atomic E-state index is 11.2. The molecule has 1 unspecified atom stereocenters. The number of aromatic nitrogens is 2. The molecule has 0 saturated heterocycles. The lowest BCUT2D eigenvalue weighted by atomic mass is 9.97. The van der Waals surface area contributed by atoms with Gasteiger partial charge in [0.05, 0.1) is 12.0 Å². The van der Waals surface area contributed by atoms with Crippen LogP contribution in [-0.2, 0) is 4.79 Å². The number of carbonyl (C=O) groups is 1. The van der Waals surface area contributed by atoms with Crippen LogP contribution in [0.4, 0.5) is 5.95 Å². The molecule has 118 valence electrons. The number of carboxylic acid groups (broad SMARTS) is 1. The molecular weight excluding hydrogens is 270 g/mol. The summed E-state index contributed by atoms with van der Waals surface area (Å²) in [5.41, 5.74) is 0.777. The van der Waals surface area contributed by atoms with Crippen LogP contribution in [0.5, 0.6) is 5.88 Å². The number of nitrogens with one attached hydrogen (secondary N) is 1. The number of carboxylic acids is 1. The van der Waals surface area contributed by atoms with E-state index in [4.69, 9.17) is 4.74 Å². The van der Waals surface area contributed by atoms with Crippen LogP contribution < -0.4 is 10.1 Å². The molecule has 0 aliphatic heterocycles. The van der Waals surface area contributed by atoms with E-state index in [1.54, 1.807) is 6.07 Å². The summed E-state index contributed by atoms with van der Waals surface area (Å²) in [7, 11) is 0. The molecule has 1 atom stereocenters. The zero-order valence-electron chi connectivity index (χ0n) is 13.4. The number of aliphatic carboxylic acids is 1. The van der Waals surface area contributed by atoms with Crippen LogP contribution in [0.2, 0.25) is 0 Å². The fourth-order valence-electron chi connectivity index (χ4n) is 1.98. The largest absolute Gasteiger partial charge is 0.481 e. The van der Waals surface area contributed by atoms with Crippen LogP contribution >= 0.6 is 0 Å². The number of anilines is 1. The van der Waals surface area contributed by atoms with E-state index in [1.165, 1.54) is 0 Å². The molecule has 1 heterocycles. The van der Waals surface area contributed by atoms with Crippen molar-refractivity contribution in [3.05, 3.63) is 11.8 Å². The van der Waals surface area contributed by atoms with Gasteiger partial charge in [0.15, 0.2) is 0 Å². The van der Waals surface area contributed by atoms with Gasteiger partial charge in [-0.25, -0.2) is 4.98 Å². The minimum absolute atomic E-state index is 0.0276. The first-order chi connectivity index (χ1) is 9.77. The van der Waals surface area contributed by atoms with Crippen LogP contribution in [0.3, 0.4) is 0 Å². The van der Waals surface area contributed by atoms with E-state index < -0.39 is 11.9 Å². The number of hydrogen-bond donors (Lipinski definition) is 2. The fraction of sp³-hybridized carbons (Fsp3) is 0.667. The van der Waals surface area contributed by atoms with Crippen molar-refractivity contribution in [1.82, 2.24) is 9.97 Å². The van der Waals surface area contributed by atoms with Gasteiger partial charge in [-0.05, 0) is 33.1 Å². The summed E-state index contributed by atoms with van der Waals surface area (Å²) in [6.07, 6.45) is 0.642. The van der Waals surface area contributed by atoms with E-state index in [2.05, 4.69) is 15.3 Å². The molecule has 1 aromatic rings. The summed E-state index contributed by atoms with van der Waals surface area (Å²) in [4.78, 5) is 19.7. The average molecular weight is 295 g/mol. The summed E-state index contributed by atoms with van der Waals surface area (Å²) in [6.45, 7) is 10.0. The minimum atomic E-state index is -0.803. The van der Waals surface area contributed by atoms with Gasteiger partial charge in [-0.1, -0.05) is 13.8 Å². The third-order valence-corrected chi connectivity index (χ3v) is 2.80. The van der Waals surface area contributed by atoms with Gasteiger partial charge in [0.25, 0.3) is 0 Å². The van der Waals surface area contributed by atoms with Gasteiger partial charge in [-0.2, -0.15) is 4.98 Å². The zero-order valence-corrected chi connectivity index (χ0v) is 13.4. The van der Waals surface area contributed by atoms with Crippen molar-refractivity contribution in [2.24, 2.45) is 11.8 Å². The second kappa shape index (κ2) is 7.81. The highest BCUT2D eigenvalue weighted by Crippen LogP contribution is 2.16. The molecule has 0 saturated carbocycles. The van der Waals surface area contributed by atoms with Gasteiger partial charge in [0.2, 0.25) is 11.8 Å². The van der Waals surface area contributed by atoms with Crippen LogP contribution in [0.15, 0.2) is 6.07 Å². The van der Waals surface area contributed by atoms with Crippen molar-refractivity contribution in [2.75, 3.05) is 11.9 Å². The maximum atomic E-state index is 11.2. The highest BCUT2D eigenvalue weighted by Gasteiger charge is 2.19. The summed E-state index contributed by atoms with van der Waals surface area (Å²) in [5, 5.41) is 12.2. The molecular formula is C15H25N3O3. The van der Waals surface area contributed by atoms with Gasteiger partial charge in [0, 0.05) is 18.3 Å². The third kappa shape index (κ3) is 6.42. The van der Waals surface area contributed by atoms with Crippen molar-refractivity contribution < 1.29 is 14.6 Å². The highest BCUT2D eigenvalue weighted by molar-refractivity contribution is 5.70. The van der Waals surface area contributed by atoms with E-state index in [-0.39, 0.29) is 6.10 Å². The molecule has 0 amide bonds. The van der Waals surface area contributed by atoms with E-state index >= 15 is 0 Å². The van der Waals surface area contributed by atoms with Gasteiger partial charge in [0.1, 0.15) is 0 Å². The highest BCUT2D eigenvalue weighted by atomic mass is 16.5. The van der Waals surface area contributed by atoms with Crippen molar-refractivity contribution in [3.63, 3.8) is 0 Å². The van der Waals surface area contributed by atoms with Gasteiger partial charge >= 0.3 is 5.97 Å². The Labute approximate surface area is 126 Å². The molecule has 1 aromatic heterocycles. The lowest BCUT2D eigenvalue weighted by Crippen LogP contribution is -2.25. The lowest BCUT2D eigenvalue weighted by Gasteiger charge is -2.16. The maximum Gasteiger partial charge on any atom is 0.308 e. The Morgan fingerprint density at radius 1 is 1.33 bits per heavy atom. The quantitative estimate of drug-likeness (QED) is 0.767. The Morgan fingerprint density at radius 2 is 2.00 bits per heavy atom. The van der Waals surface area contributed by atoms with E-state index in [9.17, 15) is 9.90 Å². The van der Waals surface area contributed by atoms with Crippen molar-refractivity contribution in [3.8, 4) is 5.88 Å². The third-order valence-electron chi connectivity index (χ3n) is 2.80. The predicted molar refractivity (Wildman–Crippen MR) is 81.6 cm³/mol. The van der Waals surface area contributed by atoms with Crippen LogP contribution in [0.25, 0.3) is 0 Å². The molecule has 0 aliphatic rings. The second-order valence-electron chi connectivity index (χ2n) is 5.88. The summed E-state index contributed by atoms with van der Waals surface area (Å²) >= 11 is 0. The molecule has 6 nitrogen and oxygen atoms in total. The number of ether oxygens (including phenoxy) is 1. The number of aryl methyl sites for hydroxylation is 1. The van der Waals surface area contributed by atoms with Crippen LogP contribution in [0.1, 0.15) is 39.8 Å². The first-order valence-electron chi connectivity index (χ1n) is 7.27. The van der Waals surface area contributed by atoms with Crippen molar-refractivity contribution >= 4 is 11.9 Å². The molecule has 0 radical (unpaired) electrons. The van der Waals surface area contributed by atoms with Gasteiger partial charge < -0.3 is 15.2 Å². The molecule has 2 N–H and O–H groups in total. The van der Waals surface area contributed by atoms with E-state index in [0.717, 1.165) is 5.69 Å². The van der Waals surface area contributed by atoms with Crippen molar-refractivity contribution in [1.29, 1.82) is 0 Å². The minimum Gasteiger partial charge on any atom is -0.481 e. The summed E-state index contributed by atoms with van der Waals surface area (Å²) in [6, 6.07) is 1.76. The monoisotopic (exact) mass is 295 g/mol. The van der Waals surface area contributed by atoms with E-state index in [1.807, 2.05) is 34.6 Å². The Bertz CT molecular complexity index is 475. The summed E-state index contributed by atoms with van der Waals surface area (Å²) in [5.74, 6) is -0.0337. The van der Waals surface area contributed by atoms with E-state index in [0.29, 0.717) is 30.7 Å². The second-order valence-corrected chi connectivity index (χ2v) is 5.88. The molecule has 0 bridgehead atoms. The Balaban J connectivity index is 2.73. The first-order valence-corrected chi connectivity index (χ1v) is 7.27. The normalized spacial score (nSPS) is 12.5. The molecule has 0 aliphatic carbocycles. The summed E-state index contributed by atoms with van der Waals surface area (Å²) < 4.78 is 5.55. The molecule has 0 fully saturated rings. The topological polar surface area (TPSA) is 84.3 Å². The Kier molecular flexibility index (Phi) is 6.39. The molecule has 0 spiro atoms. The molecule has 6 heteroatoms.